The van der Waals surface area contributed by atoms with Crippen molar-refractivity contribution in [2.45, 2.75) is 18.0 Å². The van der Waals surface area contributed by atoms with Gasteiger partial charge in [0.2, 0.25) is 0 Å². The van der Waals surface area contributed by atoms with Crippen LogP contribution in [0.1, 0.15) is 6.42 Å². The van der Waals surface area contributed by atoms with Crippen LogP contribution >= 0.6 is 0 Å². The molecule has 6 nitrogen and oxygen atoms in total. The van der Waals surface area contributed by atoms with Crippen LogP contribution in [-0.4, -0.2) is 31.7 Å². The number of rotatable bonds is 5. The minimum Gasteiger partial charge on any atom is -0.385 e. The van der Waals surface area contributed by atoms with Crippen LogP contribution in [0.25, 0.3) is 0 Å². The maximum absolute atomic E-state index is 10.9. The first kappa shape index (κ1) is 11.2. The SMILES string of the molecule is COCCCn1cnc(S(N)(=O)=O)c1. The Morgan fingerprint density at radius 2 is 2.36 bits per heavy atom. The molecule has 80 valence electrons. The van der Waals surface area contributed by atoms with Gasteiger partial charge in [-0.15, -0.1) is 0 Å². The quantitative estimate of drug-likeness (QED) is 0.680. The number of methoxy groups -OCH3 is 1. The number of aryl methyl sites for hydroxylation is 1. The molecular weight excluding hydrogens is 206 g/mol. The molecule has 7 heteroatoms. The molecule has 2 N–H and O–H groups in total. The number of nitrogens with two attached hydrogens (primary N) is 1. The van der Waals surface area contributed by atoms with Gasteiger partial charge in [-0.1, -0.05) is 0 Å². The van der Waals surface area contributed by atoms with Crippen molar-refractivity contribution < 1.29 is 13.2 Å². The van der Waals surface area contributed by atoms with Crippen LogP contribution in [0.3, 0.4) is 0 Å². The maximum Gasteiger partial charge on any atom is 0.257 e. The Balaban J connectivity index is 2.60. The van der Waals surface area contributed by atoms with Crippen molar-refractivity contribution in [1.29, 1.82) is 0 Å². The minimum absolute atomic E-state index is 0.102. The standard InChI is InChI=1S/C7H13N3O3S/c1-13-4-2-3-10-5-7(9-6-10)14(8,11)12/h5-6H,2-4H2,1H3,(H2,8,11,12). The topological polar surface area (TPSA) is 87.2 Å². The Labute approximate surface area is 82.7 Å². The van der Waals surface area contributed by atoms with Gasteiger partial charge in [-0.2, -0.15) is 0 Å². The molecule has 1 rings (SSSR count). The molecule has 0 aliphatic rings. The summed E-state index contributed by atoms with van der Waals surface area (Å²) in [5, 5.41) is 4.79. The lowest BCUT2D eigenvalue weighted by Gasteiger charge is -1.99. The lowest BCUT2D eigenvalue weighted by molar-refractivity contribution is 0.190. The normalized spacial score (nSPS) is 11.9. The predicted molar refractivity (Wildman–Crippen MR) is 50.1 cm³/mol. The van der Waals surface area contributed by atoms with Gasteiger partial charge in [-0.25, -0.2) is 18.5 Å². The van der Waals surface area contributed by atoms with Crippen molar-refractivity contribution >= 4 is 10.0 Å². The van der Waals surface area contributed by atoms with Crippen molar-refractivity contribution in [1.82, 2.24) is 9.55 Å². The second-order valence-electron chi connectivity index (χ2n) is 2.84. The maximum atomic E-state index is 10.9. The summed E-state index contributed by atoms with van der Waals surface area (Å²) >= 11 is 0. The Bertz CT molecular complexity index is 385. The van der Waals surface area contributed by atoms with Gasteiger partial charge < -0.3 is 9.30 Å². The Kier molecular flexibility index (Phi) is 3.62. The molecule has 0 unspecified atom stereocenters. The van der Waals surface area contributed by atoms with E-state index < -0.39 is 10.0 Å². The van der Waals surface area contributed by atoms with Gasteiger partial charge in [0.25, 0.3) is 10.0 Å². The number of hydrogen-bond donors (Lipinski definition) is 1. The van der Waals surface area contributed by atoms with E-state index in [1.54, 1.807) is 11.7 Å². The summed E-state index contributed by atoms with van der Waals surface area (Å²) in [6.45, 7) is 1.29. The van der Waals surface area contributed by atoms with E-state index >= 15 is 0 Å². The highest BCUT2D eigenvalue weighted by Gasteiger charge is 2.10. The van der Waals surface area contributed by atoms with Crippen molar-refractivity contribution in [2.24, 2.45) is 5.14 Å². The van der Waals surface area contributed by atoms with Gasteiger partial charge in [0.1, 0.15) is 0 Å². The summed E-state index contributed by atoms with van der Waals surface area (Å²) in [5.74, 6) is 0. The third-order valence-corrected chi connectivity index (χ3v) is 2.46. The van der Waals surface area contributed by atoms with Crippen LogP contribution in [0, 0.1) is 0 Å². The first-order valence-corrected chi connectivity index (χ1v) is 5.62. The Morgan fingerprint density at radius 1 is 1.64 bits per heavy atom. The molecule has 1 heterocycles. The van der Waals surface area contributed by atoms with Crippen LogP contribution < -0.4 is 5.14 Å². The highest BCUT2D eigenvalue weighted by molar-refractivity contribution is 7.89. The number of imidazole rings is 1. The summed E-state index contributed by atoms with van der Waals surface area (Å²) in [5.41, 5.74) is 0. The van der Waals surface area contributed by atoms with Crippen molar-refractivity contribution in [2.75, 3.05) is 13.7 Å². The zero-order valence-electron chi connectivity index (χ0n) is 7.88. The van der Waals surface area contributed by atoms with E-state index in [1.807, 2.05) is 0 Å². The van der Waals surface area contributed by atoms with Crippen LogP contribution in [0.15, 0.2) is 17.6 Å². The largest absolute Gasteiger partial charge is 0.385 e. The van der Waals surface area contributed by atoms with Gasteiger partial charge in [0.05, 0.1) is 6.33 Å². The Morgan fingerprint density at radius 3 is 2.86 bits per heavy atom. The van der Waals surface area contributed by atoms with E-state index in [9.17, 15) is 8.42 Å². The third-order valence-electron chi connectivity index (χ3n) is 1.67. The first-order valence-electron chi connectivity index (χ1n) is 4.07. The molecule has 0 aliphatic carbocycles. The second kappa shape index (κ2) is 4.54. The number of nitrogens with zero attached hydrogens (tertiary/aromatic N) is 2. The van der Waals surface area contributed by atoms with Gasteiger partial charge in [0.15, 0.2) is 5.03 Å². The molecule has 0 radical (unpaired) electrons. The van der Waals surface area contributed by atoms with Crippen molar-refractivity contribution in [3.05, 3.63) is 12.5 Å². The summed E-state index contributed by atoms with van der Waals surface area (Å²) in [7, 11) is -2.06. The first-order chi connectivity index (χ1) is 6.54. The molecule has 0 aliphatic heterocycles. The molecule has 0 aromatic carbocycles. The molecule has 14 heavy (non-hydrogen) atoms. The number of primary sulfonamides is 1. The van der Waals surface area contributed by atoms with E-state index in [1.165, 1.54) is 12.5 Å². The fourth-order valence-electron chi connectivity index (χ4n) is 1.00. The van der Waals surface area contributed by atoms with Gasteiger partial charge >= 0.3 is 0 Å². The van der Waals surface area contributed by atoms with Crippen molar-refractivity contribution in [3.8, 4) is 0 Å². The highest BCUT2D eigenvalue weighted by Crippen LogP contribution is 2.02. The molecule has 0 saturated carbocycles. The third kappa shape index (κ3) is 3.09. The van der Waals surface area contributed by atoms with E-state index in [2.05, 4.69) is 4.98 Å². The van der Waals surface area contributed by atoms with Crippen molar-refractivity contribution in [3.63, 3.8) is 0 Å². The molecule has 0 saturated heterocycles. The zero-order valence-corrected chi connectivity index (χ0v) is 8.70. The summed E-state index contributed by atoms with van der Waals surface area (Å²) in [6, 6.07) is 0. The average molecular weight is 219 g/mol. The summed E-state index contributed by atoms with van der Waals surface area (Å²) < 4.78 is 28.2. The summed E-state index contributed by atoms with van der Waals surface area (Å²) in [4.78, 5) is 3.68. The van der Waals surface area contributed by atoms with E-state index in [0.717, 1.165) is 6.42 Å². The second-order valence-corrected chi connectivity index (χ2v) is 4.35. The van der Waals surface area contributed by atoms with Gasteiger partial charge in [0, 0.05) is 26.5 Å². The minimum atomic E-state index is -3.68. The average Bonchev–Trinajstić information content (AvgIpc) is 2.52. The molecule has 0 spiro atoms. The number of sulfonamides is 1. The highest BCUT2D eigenvalue weighted by atomic mass is 32.2. The van der Waals surface area contributed by atoms with Gasteiger partial charge in [-0.05, 0) is 6.42 Å². The molecule has 0 fully saturated rings. The molecule has 0 amide bonds. The zero-order chi connectivity index (χ0) is 10.6. The number of aromatic nitrogens is 2. The summed E-state index contributed by atoms with van der Waals surface area (Å²) in [6.07, 6.45) is 3.65. The monoisotopic (exact) mass is 219 g/mol. The van der Waals surface area contributed by atoms with E-state index in [0.29, 0.717) is 13.2 Å². The fourth-order valence-corrected chi connectivity index (χ4v) is 1.48. The lowest BCUT2D eigenvalue weighted by Crippen LogP contribution is -2.12. The van der Waals surface area contributed by atoms with Gasteiger partial charge in [-0.3, -0.25) is 0 Å². The molecule has 1 aromatic heterocycles. The van der Waals surface area contributed by atoms with Crippen LogP contribution in [-0.2, 0) is 21.3 Å². The van der Waals surface area contributed by atoms with Crippen LogP contribution in [0.5, 0.6) is 0 Å². The number of ether oxygens (including phenoxy) is 1. The molecule has 0 atom stereocenters. The fraction of sp³-hybridized carbons (Fsp3) is 0.571. The lowest BCUT2D eigenvalue weighted by atomic mass is 10.4. The predicted octanol–water partition coefficient (Wildman–Crippen LogP) is -0.433. The smallest absolute Gasteiger partial charge is 0.257 e. The molecule has 1 aromatic rings. The van der Waals surface area contributed by atoms with E-state index in [4.69, 9.17) is 9.88 Å². The molecular formula is C7H13N3O3S. The molecule has 0 bridgehead atoms. The van der Waals surface area contributed by atoms with Crippen LogP contribution in [0.2, 0.25) is 0 Å². The Hall–Kier alpha value is -0.920. The van der Waals surface area contributed by atoms with E-state index in [-0.39, 0.29) is 5.03 Å². The number of hydrogen-bond acceptors (Lipinski definition) is 4. The van der Waals surface area contributed by atoms with Crippen LogP contribution in [0.4, 0.5) is 0 Å².